The highest BCUT2D eigenvalue weighted by Gasteiger charge is 2.12. The number of aromatic nitrogens is 2. The molecule has 3 rings (SSSR count). The van der Waals surface area contributed by atoms with Crippen LogP contribution in [0.15, 0.2) is 60.7 Å². The third kappa shape index (κ3) is 3.61. The highest BCUT2D eigenvalue weighted by Crippen LogP contribution is 2.12. The Hall–Kier alpha value is -3.01. The highest BCUT2D eigenvalue weighted by molar-refractivity contribution is 5.95. The van der Waals surface area contributed by atoms with Crippen LogP contribution in [0.3, 0.4) is 0 Å². The minimum atomic E-state index is -0.210. The average molecular weight is 303 g/mol. The van der Waals surface area contributed by atoms with Gasteiger partial charge in [-0.3, -0.25) is 4.79 Å². The molecule has 1 heterocycles. The molecule has 1 amide bonds. The van der Waals surface area contributed by atoms with E-state index in [2.05, 4.69) is 15.3 Å². The fourth-order valence-electron chi connectivity index (χ4n) is 2.30. The standard InChI is InChI=1S/C19H17N3O/c1-14-18(22-17-12-6-5-11-16(17)21-14)19(23)20-13-7-10-15-8-3-2-4-9-15/h2-12H,13H2,1H3,(H,20,23). The topological polar surface area (TPSA) is 54.9 Å². The molecule has 23 heavy (non-hydrogen) atoms. The van der Waals surface area contributed by atoms with Crippen LogP contribution in [0.5, 0.6) is 0 Å². The van der Waals surface area contributed by atoms with Crippen LogP contribution in [0, 0.1) is 6.92 Å². The second kappa shape index (κ2) is 6.83. The quantitative estimate of drug-likeness (QED) is 0.804. The first-order valence-corrected chi connectivity index (χ1v) is 7.47. The van der Waals surface area contributed by atoms with Gasteiger partial charge in [-0.2, -0.15) is 0 Å². The van der Waals surface area contributed by atoms with E-state index in [1.807, 2.05) is 66.7 Å². The molecule has 114 valence electrons. The van der Waals surface area contributed by atoms with Crippen LogP contribution in [-0.2, 0) is 0 Å². The molecule has 0 aliphatic heterocycles. The lowest BCUT2D eigenvalue weighted by atomic mass is 10.2. The summed E-state index contributed by atoms with van der Waals surface area (Å²) in [6, 6.07) is 17.5. The first-order valence-electron chi connectivity index (χ1n) is 7.47. The van der Waals surface area contributed by atoms with Crippen molar-refractivity contribution in [2.24, 2.45) is 0 Å². The van der Waals surface area contributed by atoms with Crippen molar-refractivity contribution in [3.05, 3.63) is 77.6 Å². The van der Waals surface area contributed by atoms with E-state index in [4.69, 9.17) is 0 Å². The summed E-state index contributed by atoms with van der Waals surface area (Å²) in [6.45, 7) is 2.25. The van der Waals surface area contributed by atoms with Gasteiger partial charge >= 0.3 is 0 Å². The Kier molecular flexibility index (Phi) is 4.43. The van der Waals surface area contributed by atoms with Gasteiger partial charge in [-0.15, -0.1) is 0 Å². The van der Waals surface area contributed by atoms with Crippen molar-refractivity contribution in [3.63, 3.8) is 0 Å². The Morgan fingerprint density at radius 1 is 1.00 bits per heavy atom. The van der Waals surface area contributed by atoms with E-state index in [0.29, 0.717) is 17.9 Å². The molecule has 0 bridgehead atoms. The summed E-state index contributed by atoms with van der Waals surface area (Å²) in [7, 11) is 0. The molecule has 0 unspecified atom stereocenters. The normalized spacial score (nSPS) is 11.0. The fraction of sp³-hybridized carbons (Fsp3) is 0.105. The minimum absolute atomic E-state index is 0.210. The summed E-state index contributed by atoms with van der Waals surface area (Å²) in [5.74, 6) is -0.210. The maximum Gasteiger partial charge on any atom is 0.272 e. The number of nitrogens with one attached hydrogen (secondary N) is 1. The van der Waals surface area contributed by atoms with Crippen LogP contribution >= 0.6 is 0 Å². The number of carbonyl (C=O) groups excluding carboxylic acids is 1. The van der Waals surface area contributed by atoms with Crippen molar-refractivity contribution in [1.29, 1.82) is 0 Å². The number of hydrogen-bond acceptors (Lipinski definition) is 3. The molecule has 1 N–H and O–H groups in total. The third-order valence-electron chi connectivity index (χ3n) is 3.45. The van der Waals surface area contributed by atoms with Crippen LogP contribution < -0.4 is 5.32 Å². The van der Waals surface area contributed by atoms with Crippen molar-refractivity contribution in [3.8, 4) is 0 Å². The van der Waals surface area contributed by atoms with E-state index in [0.717, 1.165) is 16.6 Å². The maximum atomic E-state index is 12.3. The molecule has 3 aromatic rings. The zero-order valence-electron chi connectivity index (χ0n) is 12.9. The fourth-order valence-corrected chi connectivity index (χ4v) is 2.30. The number of hydrogen-bond donors (Lipinski definition) is 1. The van der Waals surface area contributed by atoms with Gasteiger partial charge in [0.25, 0.3) is 5.91 Å². The number of amides is 1. The van der Waals surface area contributed by atoms with Gasteiger partial charge in [-0.25, -0.2) is 9.97 Å². The highest BCUT2D eigenvalue weighted by atomic mass is 16.1. The number of nitrogens with zero attached hydrogens (tertiary/aromatic N) is 2. The van der Waals surface area contributed by atoms with Crippen LogP contribution in [0.4, 0.5) is 0 Å². The van der Waals surface area contributed by atoms with Gasteiger partial charge in [0.05, 0.1) is 16.7 Å². The molecular weight excluding hydrogens is 286 g/mol. The van der Waals surface area contributed by atoms with E-state index in [9.17, 15) is 4.79 Å². The first-order chi connectivity index (χ1) is 11.2. The Bertz CT molecular complexity index is 857. The van der Waals surface area contributed by atoms with Gasteiger partial charge in [0.2, 0.25) is 0 Å². The van der Waals surface area contributed by atoms with Crippen molar-refractivity contribution >= 4 is 23.0 Å². The number of fused-ring (bicyclic) bond motifs is 1. The average Bonchev–Trinajstić information content (AvgIpc) is 2.59. The van der Waals surface area contributed by atoms with E-state index in [1.165, 1.54) is 0 Å². The minimum Gasteiger partial charge on any atom is -0.347 e. The molecule has 0 saturated carbocycles. The Morgan fingerprint density at radius 3 is 2.39 bits per heavy atom. The van der Waals surface area contributed by atoms with Gasteiger partial charge in [-0.1, -0.05) is 54.6 Å². The SMILES string of the molecule is Cc1nc2ccccc2nc1C(=O)NCC=Cc1ccccc1. The van der Waals surface area contributed by atoms with E-state index >= 15 is 0 Å². The summed E-state index contributed by atoms with van der Waals surface area (Å²) < 4.78 is 0. The Balaban J connectivity index is 1.69. The van der Waals surface area contributed by atoms with Gasteiger partial charge in [0, 0.05) is 6.54 Å². The number of aryl methyl sites for hydroxylation is 1. The summed E-state index contributed by atoms with van der Waals surface area (Å²) in [6.07, 6.45) is 3.89. The molecule has 0 fully saturated rings. The third-order valence-corrected chi connectivity index (χ3v) is 3.45. The molecule has 0 atom stereocenters. The van der Waals surface area contributed by atoms with Gasteiger partial charge < -0.3 is 5.32 Å². The van der Waals surface area contributed by atoms with Crippen LogP contribution in [0.1, 0.15) is 21.7 Å². The van der Waals surface area contributed by atoms with Crippen molar-refractivity contribution in [2.45, 2.75) is 6.92 Å². The summed E-state index contributed by atoms with van der Waals surface area (Å²) in [5, 5.41) is 2.85. The van der Waals surface area contributed by atoms with Gasteiger partial charge in [-0.05, 0) is 24.6 Å². The van der Waals surface area contributed by atoms with Gasteiger partial charge in [0.15, 0.2) is 0 Å². The van der Waals surface area contributed by atoms with Crippen molar-refractivity contribution in [2.75, 3.05) is 6.54 Å². The zero-order valence-corrected chi connectivity index (χ0v) is 12.9. The predicted octanol–water partition coefficient (Wildman–Crippen LogP) is 3.38. The lowest BCUT2D eigenvalue weighted by molar-refractivity contribution is 0.0952. The number of rotatable bonds is 4. The zero-order chi connectivity index (χ0) is 16.1. The molecule has 4 heteroatoms. The number of carbonyl (C=O) groups is 1. The molecule has 0 saturated heterocycles. The lowest BCUT2D eigenvalue weighted by Gasteiger charge is -2.06. The number of benzene rings is 2. The smallest absolute Gasteiger partial charge is 0.272 e. The van der Waals surface area contributed by atoms with Crippen LogP contribution in [0.2, 0.25) is 0 Å². The molecule has 0 spiro atoms. The molecule has 2 aromatic carbocycles. The van der Waals surface area contributed by atoms with E-state index in [1.54, 1.807) is 6.92 Å². The lowest BCUT2D eigenvalue weighted by Crippen LogP contribution is -2.25. The molecule has 4 nitrogen and oxygen atoms in total. The van der Waals surface area contributed by atoms with Crippen molar-refractivity contribution < 1.29 is 4.79 Å². The predicted molar refractivity (Wildman–Crippen MR) is 92.1 cm³/mol. The molecule has 0 aliphatic carbocycles. The maximum absolute atomic E-state index is 12.3. The summed E-state index contributed by atoms with van der Waals surface area (Å²) in [5.41, 5.74) is 3.63. The van der Waals surface area contributed by atoms with Gasteiger partial charge in [0.1, 0.15) is 5.69 Å². The van der Waals surface area contributed by atoms with E-state index < -0.39 is 0 Å². The monoisotopic (exact) mass is 303 g/mol. The molecular formula is C19H17N3O. The summed E-state index contributed by atoms with van der Waals surface area (Å²) >= 11 is 0. The molecule has 0 radical (unpaired) electrons. The van der Waals surface area contributed by atoms with Crippen molar-refractivity contribution in [1.82, 2.24) is 15.3 Å². The summed E-state index contributed by atoms with van der Waals surface area (Å²) in [4.78, 5) is 21.1. The van der Waals surface area contributed by atoms with Crippen LogP contribution in [0.25, 0.3) is 17.1 Å². The number of para-hydroxylation sites is 2. The first kappa shape index (κ1) is 14.9. The van der Waals surface area contributed by atoms with Crippen LogP contribution in [-0.4, -0.2) is 22.4 Å². The molecule has 0 aliphatic rings. The largest absolute Gasteiger partial charge is 0.347 e. The molecule has 1 aromatic heterocycles. The Morgan fingerprint density at radius 2 is 1.65 bits per heavy atom. The second-order valence-electron chi connectivity index (χ2n) is 5.17. The second-order valence-corrected chi connectivity index (χ2v) is 5.17. The van der Waals surface area contributed by atoms with E-state index in [-0.39, 0.29) is 5.91 Å². The Labute approximate surface area is 134 Å².